The Morgan fingerprint density at radius 3 is 2.65 bits per heavy atom. The van der Waals surface area contributed by atoms with Crippen LogP contribution in [-0.2, 0) is 9.47 Å². The zero-order valence-electron chi connectivity index (χ0n) is 10.8. The molecule has 5 heteroatoms. The highest BCUT2D eigenvalue weighted by Crippen LogP contribution is 2.15. The van der Waals surface area contributed by atoms with Crippen LogP contribution in [0.3, 0.4) is 0 Å². The van der Waals surface area contributed by atoms with Gasteiger partial charge in [-0.25, -0.2) is 0 Å². The quantitative estimate of drug-likeness (QED) is 0.575. The molecule has 0 aliphatic carbocycles. The summed E-state index contributed by atoms with van der Waals surface area (Å²) in [5.41, 5.74) is 5.64. The molecule has 0 spiro atoms. The van der Waals surface area contributed by atoms with Gasteiger partial charge in [-0.2, -0.15) is 0 Å². The van der Waals surface area contributed by atoms with Crippen LogP contribution < -0.4 is 5.73 Å². The van der Waals surface area contributed by atoms with Crippen LogP contribution in [0.4, 0.5) is 0 Å². The summed E-state index contributed by atoms with van der Waals surface area (Å²) in [4.78, 5) is 2.29. The number of β-amino-alcohol motifs (C(OH)–C–C–N with tert-alkyl or cyclic N) is 1. The van der Waals surface area contributed by atoms with E-state index in [1.54, 1.807) is 7.11 Å². The molecule has 1 aliphatic heterocycles. The van der Waals surface area contributed by atoms with E-state index in [4.69, 9.17) is 15.2 Å². The van der Waals surface area contributed by atoms with E-state index in [2.05, 4.69) is 4.90 Å². The molecule has 1 rings (SSSR count). The van der Waals surface area contributed by atoms with Gasteiger partial charge < -0.3 is 25.2 Å². The predicted octanol–water partition coefficient (Wildman–Crippen LogP) is -0.319. The fourth-order valence-corrected chi connectivity index (χ4v) is 2.12. The Bertz CT molecular complexity index is 185. The molecule has 5 nitrogen and oxygen atoms in total. The lowest BCUT2D eigenvalue weighted by molar-refractivity contribution is -0.00442. The second-order valence-corrected chi connectivity index (χ2v) is 4.70. The summed E-state index contributed by atoms with van der Waals surface area (Å²) >= 11 is 0. The lowest BCUT2D eigenvalue weighted by Crippen LogP contribution is -2.41. The molecule has 1 heterocycles. The minimum absolute atomic E-state index is 0.389. The molecule has 0 aromatic carbocycles. The number of rotatable bonds is 8. The van der Waals surface area contributed by atoms with E-state index >= 15 is 0 Å². The van der Waals surface area contributed by atoms with Crippen molar-refractivity contribution < 1.29 is 14.6 Å². The normalized spacial score (nSPS) is 20.6. The number of likely N-dealkylation sites (tertiary alicyclic amines) is 1. The van der Waals surface area contributed by atoms with Gasteiger partial charge >= 0.3 is 0 Å². The van der Waals surface area contributed by atoms with Crippen LogP contribution in [-0.4, -0.2) is 69.2 Å². The third kappa shape index (κ3) is 6.33. The van der Waals surface area contributed by atoms with Crippen LogP contribution in [0, 0.1) is 5.92 Å². The smallest absolute Gasteiger partial charge is 0.0900 e. The highest BCUT2D eigenvalue weighted by Gasteiger charge is 2.19. The van der Waals surface area contributed by atoms with E-state index < -0.39 is 6.10 Å². The van der Waals surface area contributed by atoms with Crippen molar-refractivity contribution in [3.05, 3.63) is 0 Å². The van der Waals surface area contributed by atoms with Gasteiger partial charge in [0.15, 0.2) is 0 Å². The van der Waals surface area contributed by atoms with E-state index in [9.17, 15) is 5.11 Å². The number of aliphatic hydroxyl groups excluding tert-OH is 1. The van der Waals surface area contributed by atoms with Gasteiger partial charge in [-0.15, -0.1) is 0 Å². The largest absolute Gasteiger partial charge is 0.389 e. The van der Waals surface area contributed by atoms with Crippen molar-refractivity contribution in [2.24, 2.45) is 11.7 Å². The maximum absolute atomic E-state index is 9.79. The average Bonchev–Trinajstić information content (AvgIpc) is 2.36. The van der Waals surface area contributed by atoms with Crippen LogP contribution in [0.25, 0.3) is 0 Å². The minimum atomic E-state index is -0.402. The molecule has 0 aromatic rings. The van der Waals surface area contributed by atoms with Gasteiger partial charge in [-0.05, 0) is 38.4 Å². The first-order valence-electron chi connectivity index (χ1n) is 6.43. The lowest BCUT2D eigenvalue weighted by Gasteiger charge is -2.32. The summed E-state index contributed by atoms with van der Waals surface area (Å²) in [7, 11) is 1.64. The van der Waals surface area contributed by atoms with Gasteiger partial charge in [0, 0.05) is 13.7 Å². The van der Waals surface area contributed by atoms with Crippen LogP contribution >= 0.6 is 0 Å². The van der Waals surface area contributed by atoms with E-state index in [0.29, 0.717) is 32.3 Å². The number of hydrogen-bond donors (Lipinski definition) is 2. The van der Waals surface area contributed by atoms with Crippen molar-refractivity contribution in [3.63, 3.8) is 0 Å². The standard InChI is InChI=1S/C12H26N2O3/c1-16-6-7-17-10-12(15)9-14-4-2-11(8-13)3-5-14/h11-12,15H,2-10,13H2,1H3. The molecule has 3 N–H and O–H groups in total. The molecular weight excluding hydrogens is 220 g/mol. The fraction of sp³-hybridized carbons (Fsp3) is 1.00. The molecule has 0 radical (unpaired) electrons. The third-order valence-electron chi connectivity index (χ3n) is 3.25. The van der Waals surface area contributed by atoms with Crippen molar-refractivity contribution in [1.82, 2.24) is 4.90 Å². The molecule has 0 saturated carbocycles. The molecule has 1 saturated heterocycles. The second kappa shape index (κ2) is 8.83. The maximum Gasteiger partial charge on any atom is 0.0900 e. The number of ether oxygens (including phenoxy) is 2. The van der Waals surface area contributed by atoms with Crippen molar-refractivity contribution in [1.29, 1.82) is 0 Å². The number of hydrogen-bond acceptors (Lipinski definition) is 5. The Balaban J connectivity index is 2.04. The van der Waals surface area contributed by atoms with Gasteiger partial charge in [-0.1, -0.05) is 0 Å². The monoisotopic (exact) mass is 246 g/mol. The first kappa shape index (κ1) is 14.9. The summed E-state index contributed by atoms with van der Waals surface area (Å²) in [5.74, 6) is 0.668. The number of nitrogens with two attached hydrogens (primary N) is 1. The zero-order chi connectivity index (χ0) is 12.5. The number of aliphatic hydroxyl groups is 1. The van der Waals surface area contributed by atoms with Crippen molar-refractivity contribution >= 4 is 0 Å². The summed E-state index contributed by atoms with van der Waals surface area (Å²) in [6.07, 6.45) is 1.89. The molecule has 0 aromatic heterocycles. The van der Waals surface area contributed by atoms with Crippen molar-refractivity contribution in [2.75, 3.05) is 53.1 Å². The van der Waals surface area contributed by atoms with Gasteiger partial charge in [-0.3, -0.25) is 0 Å². The molecule has 17 heavy (non-hydrogen) atoms. The Kier molecular flexibility index (Phi) is 7.72. The third-order valence-corrected chi connectivity index (χ3v) is 3.25. The first-order valence-corrected chi connectivity index (χ1v) is 6.43. The Labute approximate surface area is 104 Å². The van der Waals surface area contributed by atoms with E-state index in [-0.39, 0.29) is 0 Å². The summed E-state index contributed by atoms with van der Waals surface area (Å²) in [5, 5.41) is 9.79. The predicted molar refractivity (Wildman–Crippen MR) is 66.9 cm³/mol. The molecule has 102 valence electrons. The molecule has 1 unspecified atom stereocenters. The minimum Gasteiger partial charge on any atom is -0.389 e. The van der Waals surface area contributed by atoms with Crippen LogP contribution in [0.5, 0.6) is 0 Å². The summed E-state index contributed by atoms with van der Waals surface area (Å²) < 4.78 is 10.2. The molecule has 1 aliphatic rings. The van der Waals surface area contributed by atoms with E-state index in [1.165, 1.54) is 0 Å². The average molecular weight is 246 g/mol. The Morgan fingerprint density at radius 2 is 2.06 bits per heavy atom. The zero-order valence-corrected chi connectivity index (χ0v) is 10.8. The van der Waals surface area contributed by atoms with Crippen molar-refractivity contribution in [3.8, 4) is 0 Å². The number of methoxy groups -OCH3 is 1. The molecule has 1 fully saturated rings. The summed E-state index contributed by atoms with van der Waals surface area (Å²) in [6, 6.07) is 0. The van der Waals surface area contributed by atoms with Crippen LogP contribution in [0.2, 0.25) is 0 Å². The van der Waals surface area contributed by atoms with Gasteiger partial charge in [0.2, 0.25) is 0 Å². The van der Waals surface area contributed by atoms with Crippen molar-refractivity contribution in [2.45, 2.75) is 18.9 Å². The highest BCUT2D eigenvalue weighted by atomic mass is 16.5. The van der Waals surface area contributed by atoms with Gasteiger partial charge in [0.25, 0.3) is 0 Å². The van der Waals surface area contributed by atoms with Crippen LogP contribution in [0.15, 0.2) is 0 Å². The van der Waals surface area contributed by atoms with E-state index in [0.717, 1.165) is 32.5 Å². The molecule has 0 amide bonds. The topological polar surface area (TPSA) is 68.0 Å². The highest BCUT2D eigenvalue weighted by molar-refractivity contribution is 4.74. The first-order chi connectivity index (χ1) is 8.26. The molecule has 1 atom stereocenters. The fourth-order valence-electron chi connectivity index (χ4n) is 2.12. The second-order valence-electron chi connectivity index (χ2n) is 4.70. The Hall–Kier alpha value is -0.200. The molecular formula is C12H26N2O3. The number of piperidine rings is 1. The Morgan fingerprint density at radius 1 is 1.35 bits per heavy atom. The molecule has 0 bridgehead atoms. The van der Waals surface area contributed by atoms with Gasteiger partial charge in [0.05, 0.1) is 25.9 Å². The lowest BCUT2D eigenvalue weighted by atomic mass is 9.97. The summed E-state index contributed by atoms with van der Waals surface area (Å²) in [6.45, 7) is 5.08. The maximum atomic E-state index is 9.79. The van der Waals surface area contributed by atoms with E-state index in [1.807, 2.05) is 0 Å². The van der Waals surface area contributed by atoms with Gasteiger partial charge in [0.1, 0.15) is 0 Å². The van der Waals surface area contributed by atoms with Crippen LogP contribution in [0.1, 0.15) is 12.8 Å². The number of nitrogens with zero attached hydrogens (tertiary/aromatic N) is 1. The SMILES string of the molecule is COCCOCC(O)CN1CCC(CN)CC1.